The van der Waals surface area contributed by atoms with Gasteiger partial charge in [0.05, 0.1) is 10.6 Å². The van der Waals surface area contributed by atoms with E-state index in [1.165, 1.54) is 6.07 Å². The van der Waals surface area contributed by atoms with Gasteiger partial charge in [-0.05, 0) is 30.3 Å². The third-order valence-corrected chi connectivity index (χ3v) is 3.55. The van der Waals surface area contributed by atoms with E-state index in [1.807, 2.05) is 0 Å². The zero-order valence-electron chi connectivity index (χ0n) is 10.3. The monoisotopic (exact) mass is 356 g/mol. The van der Waals surface area contributed by atoms with Crippen molar-refractivity contribution in [1.29, 1.82) is 0 Å². The molecule has 6 heteroatoms. The van der Waals surface area contributed by atoms with Crippen molar-refractivity contribution >= 4 is 39.1 Å². The van der Waals surface area contributed by atoms with E-state index in [9.17, 15) is 9.18 Å². The highest BCUT2D eigenvalue weighted by Crippen LogP contribution is 2.21. The van der Waals surface area contributed by atoms with Crippen LogP contribution in [0.1, 0.15) is 15.9 Å². The number of halogens is 3. The molecule has 3 nitrogen and oxygen atoms in total. The van der Waals surface area contributed by atoms with Gasteiger partial charge in [0.2, 0.25) is 5.91 Å². The van der Waals surface area contributed by atoms with Gasteiger partial charge in [-0.3, -0.25) is 4.79 Å². The van der Waals surface area contributed by atoms with Crippen LogP contribution in [0, 0.1) is 5.82 Å². The van der Waals surface area contributed by atoms with Crippen molar-refractivity contribution in [2.24, 2.45) is 5.73 Å². The molecule has 0 saturated heterocycles. The molecule has 2 aromatic carbocycles. The molecule has 0 fully saturated rings. The minimum Gasteiger partial charge on any atom is -0.381 e. The van der Waals surface area contributed by atoms with E-state index < -0.39 is 5.91 Å². The van der Waals surface area contributed by atoms with E-state index in [0.717, 1.165) is 0 Å². The van der Waals surface area contributed by atoms with Crippen LogP contribution in [0.2, 0.25) is 5.02 Å². The minimum absolute atomic E-state index is 0.230. The van der Waals surface area contributed by atoms with Gasteiger partial charge in [0, 0.05) is 22.3 Å². The van der Waals surface area contributed by atoms with E-state index in [1.54, 1.807) is 30.3 Å². The average Bonchev–Trinajstić information content (AvgIpc) is 2.39. The summed E-state index contributed by atoms with van der Waals surface area (Å²) in [5.41, 5.74) is 6.61. The second-order valence-corrected chi connectivity index (χ2v) is 5.47. The standard InChI is InChI=1S/C14H11BrClFN2O/c15-9-2-1-8(13(17)5-9)7-19-10-3-4-12(16)11(6-10)14(18)20/h1-6,19H,7H2,(H2,18,20). The Morgan fingerprint density at radius 1 is 1.30 bits per heavy atom. The van der Waals surface area contributed by atoms with Gasteiger partial charge in [-0.1, -0.05) is 33.6 Å². The number of carbonyl (C=O) groups is 1. The first-order valence-electron chi connectivity index (χ1n) is 5.74. The Balaban J connectivity index is 2.15. The second kappa shape index (κ2) is 6.24. The molecule has 0 spiro atoms. The molecule has 0 aliphatic rings. The van der Waals surface area contributed by atoms with Crippen LogP contribution in [0.5, 0.6) is 0 Å². The van der Waals surface area contributed by atoms with Gasteiger partial charge in [0.1, 0.15) is 5.82 Å². The molecule has 20 heavy (non-hydrogen) atoms. The SMILES string of the molecule is NC(=O)c1cc(NCc2ccc(Br)cc2F)ccc1Cl. The van der Waals surface area contributed by atoms with Crippen molar-refractivity contribution in [3.63, 3.8) is 0 Å². The zero-order valence-corrected chi connectivity index (χ0v) is 12.6. The lowest BCUT2D eigenvalue weighted by Crippen LogP contribution is -2.12. The minimum atomic E-state index is -0.603. The zero-order chi connectivity index (χ0) is 14.7. The lowest BCUT2D eigenvalue weighted by Gasteiger charge is -2.09. The summed E-state index contributed by atoms with van der Waals surface area (Å²) < 4.78 is 14.3. The van der Waals surface area contributed by atoms with Crippen LogP contribution in [0.4, 0.5) is 10.1 Å². The molecule has 0 aliphatic heterocycles. The van der Waals surface area contributed by atoms with Gasteiger partial charge in [0.25, 0.3) is 0 Å². The Kier molecular flexibility index (Phi) is 4.62. The molecule has 0 aromatic heterocycles. The molecule has 0 saturated carbocycles. The van der Waals surface area contributed by atoms with Crippen LogP contribution in [-0.4, -0.2) is 5.91 Å². The fraction of sp³-hybridized carbons (Fsp3) is 0.0714. The molecule has 0 aliphatic carbocycles. The van der Waals surface area contributed by atoms with E-state index in [4.69, 9.17) is 17.3 Å². The lowest BCUT2D eigenvalue weighted by molar-refractivity contribution is 0.100. The Morgan fingerprint density at radius 3 is 2.70 bits per heavy atom. The van der Waals surface area contributed by atoms with E-state index in [0.29, 0.717) is 22.3 Å². The Bertz CT molecular complexity index is 664. The maximum Gasteiger partial charge on any atom is 0.250 e. The molecule has 0 heterocycles. The van der Waals surface area contributed by atoms with Gasteiger partial charge in [-0.25, -0.2) is 4.39 Å². The highest BCUT2D eigenvalue weighted by Gasteiger charge is 2.08. The van der Waals surface area contributed by atoms with Gasteiger partial charge < -0.3 is 11.1 Å². The number of nitrogens with two attached hydrogens (primary N) is 1. The van der Waals surface area contributed by atoms with Crippen LogP contribution in [-0.2, 0) is 6.54 Å². The first-order valence-corrected chi connectivity index (χ1v) is 6.91. The predicted octanol–water partition coefficient (Wildman–Crippen LogP) is 3.95. The predicted molar refractivity (Wildman–Crippen MR) is 81.4 cm³/mol. The number of anilines is 1. The van der Waals surface area contributed by atoms with Crippen LogP contribution in [0.15, 0.2) is 40.9 Å². The van der Waals surface area contributed by atoms with Crippen LogP contribution in [0.25, 0.3) is 0 Å². The molecular formula is C14H11BrClFN2O. The Morgan fingerprint density at radius 2 is 2.05 bits per heavy atom. The molecule has 2 aromatic rings. The molecule has 0 bridgehead atoms. The number of hydrogen-bond donors (Lipinski definition) is 2. The number of rotatable bonds is 4. The molecular weight excluding hydrogens is 347 g/mol. The molecule has 2 rings (SSSR count). The van der Waals surface area contributed by atoms with Crippen molar-refractivity contribution in [3.8, 4) is 0 Å². The summed E-state index contributed by atoms with van der Waals surface area (Å²) in [6.07, 6.45) is 0. The van der Waals surface area contributed by atoms with Gasteiger partial charge in [-0.15, -0.1) is 0 Å². The first-order chi connectivity index (χ1) is 9.47. The maximum atomic E-state index is 13.7. The molecule has 0 unspecified atom stereocenters. The smallest absolute Gasteiger partial charge is 0.250 e. The summed E-state index contributed by atoms with van der Waals surface area (Å²) in [6.45, 7) is 0.291. The molecule has 1 amide bonds. The maximum absolute atomic E-state index is 13.7. The fourth-order valence-electron chi connectivity index (χ4n) is 1.69. The number of carbonyl (C=O) groups excluding carboxylic acids is 1. The van der Waals surface area contributed by atoms with Crippen LogP contribution < -0.4 is 11.1 Å². The normalized spacial score (nSPS) is 10.3. The van der Waals surface area contributed by atoms with Crippen molar-refractivity contribution in [1.82, 2.24) is 0 Å². The van der Waals surface area contributed by atoms with E-state index >= 15 is 0 Å². The summed E-state index contributed by atoms with van der Waals surface area (Å²) in [5.74, 6) is -0.913. The summed E-state index contributed by atoms with van der Waals surface area (Å²) in [6, 6.07) is 9.65. The van der Waals surface area contributed by atoms with Gasteiger partial charge in [0.15, 0.2) is 0 Å². The number of nitrogens with one attached hydrogen (secondary N) is 1. The lowest BCUT2D eigenvalue weighted by atomic mass is 10.1. The van der Waals surface area contributed by atoms with Crippen molar-refractivity contribution in [2.45, 2.75) is 6.54 Å². The van der Waals surface area contributed by atoms with Crippen molar-refractivity contribution in [2.75, 3.05) is 5.32 Å². The van der Waals surface area contributed by atoms with E-state index in [2.05, 4.69) is 21.2 Å². The topological polar surface area (TPSA) is 55.1 Å². The summed E-state index contributed by atoms with van der Waals surface area (Å²) in [4.78, 5) is 11.2. The summed E-state index contributed by atoms with van der Waals surface area (Å²) in [7, 11) is 0. The highest BCUT2D eigenvalue weighted by molar-refractivity contribution is 9.10. The summed E-state index contributed by atoms with van der Waals surface area (Å²) >= 11 is 9.06. The third-order valence-electron chi connectivity index (χ3n) is 2.73. The van der Waals surface area contributed by atoms with Crippen molar-refractivity contribution < 1.29 is 9.18 Å². The number of benzene rings is 2. The van der Waals surface area contributed by atoms with Gasteiger partial charge >= 0.3 is 0 Å². The quantitative estimate of drug-likeness (QED) is 0.870. The second-order valence-electron chi connectivity index (χ2n) is 4.15. The Hall–Kier alpha value is -1.59. The number of amides is 1. The van der Waals surface area contributed by atoms with Crippen molar-refractivity contribution in [3.05, 3.63) is 62.8 Å². The molecule has 3 N–H and O–H groups in total. The first kappa shape index (κ1) is 14.8. The van der Waals surface area contributed by atoms with E-state index in [-0.39, 0.29) is 16.4 Å². The van der Waals surface area contributed by atoms with Gasteiger partial charge in [-0.2, -0.15) is 0 Å². The average molecular weight is 358 g/mol. The Labute approximate surface area is 129 Å². The van der Waals surface area contributed by atoms with Crippen LogP contribution in [0.3, 0.4) is 0 Å². The molecule has 104 valence electrons. The highest BCUT2D eigenvalue weighted by atomic mass is 79.9. The number of primary amides is 1. The van der Waals surface area contributed by atoms with Crippen LogP contribution >= 0.6 is 27.5 Å². The molecule has 0 radical (unpaired) electrons. The fourth-order valence-corrected chi connectivity index (χ4v) is 2.23. The summed E-state index contributed by atoms with van der Waals surface area (Å²) in [5, 5.41) is 3.31. The number of hydrogen-bond acceptors (Lipinski definition) is 2. The third kappa shape index (κ3) is 3.49. The molecule has 0 atom stereocenters. The largest absolute Gasteiger partial charge is 0.381 e.